The molecule has 52 valence electrons. The van der Waals surface area contributed by atoms with Gasteiger partial charge in [0, 0.05) is 18.0 Å². The van der Waals surface area contributed by atoms with Crippen molar-refractivity contribution in [2.45, 2.75) is 26.3 Å². The molecule has 1 heterocycles. The first-order valence-corrected chi connectivity index (χ1v) is 3.29. The van der Waals surface area contributed by atoms with Crippen molar-refractivity contribution in [1.29, 1.82) is 0 Å². The van der Waals surface area contributed by atoms with Gasteiger partial charge in [0.25, 0.3) is 0 Å². The Kier molecular flexibility index (Phi) is 1.35. The number of hydrogen-bond donors (Lipinski definition) is 1. The van der Waals surface area contributed by atoms with Crippen molar-refractivity contribution in [3.8, 4) is 0 Å². The molecule has 0 bridgehead atoms. The van der Waals surface area contributed by atoms with Gasteiger partial charge in [0.15, 0.2) is 0 Å². The molecule has 1 unspecified atom stereocenters. The van der Waals surface area contributed by atoms with Gasteiger partial charge in [-0.1, -0.05) is 0 Å². The van der Waals surface area contributed by atoms with E-state index in [1.807, 2.05) is 0 Å². The minimum Gasteiger partial charge on any atom is -0.310 e. The Hall–Kier alpha value is -0.370. The maximum atomic E-state index is 10.8. The zero-order valence-electron chi connectivity index (χ0n) is 6.19. The molecule has 0 aromatic carbocycles. The third-order valence-corrected chi connectivity index (χ3v) is 2.12. The van der Waals surface area contributed by atoms with Crippen molar-refractivity contribution in [3.05, 3.63) is 0 Å². The van der Waals surface area contributed by atoms with E-state index in [0.29, 0.717) is 5.78 Å². The molecule has 1 saturated heterocycles. The van der Waals surface area contributed by atoms with E-state index in [9.17, 15) is 4.79 Å². The molecule has 1 fully saturated rings. The smallest absolute Gasteiger partial charge is 0.136 e. The van der Waals surface area contributed by atoms with Gasteiger partial charge in [-0.3, -0.25) is 4.79 Å². The Morgan fingerprint density at radius 1 is 1.67 bits per heavy atom. The van der Waals surface area contributed by atoms with Crippen LogP contribution >= 0.6 is 0 Å². The molecule has 1 aliphatic rings. The van der Waals surface area contributed by atoms with E-state index in [4.69, 9.17) is 0 Å². The second-order valence-corrected chi connectivity index (χ2v) is 3.27. The molecule has 1 rings (SSSR count). The van der Waals surface area contributed by atoms with Crippen LogP contribution in [0.3, 0.4) is 0 Å². The molecule has 2 heteroatoms. The number of carbonyl (C=O) groups excluding carboxylic acids is 1. The minimum absolute atomic E-state index is 0.0613. The molecule has 0 amide bonds. The summed E-state index contributed by atoms with van der Waals surface area (Å²) >= 11 is 0. The SMILES string of the molecule is CC(=O)C1CNC1(C)C. The summed E-state index contributed by atoms with van der Waals surface area (Å²) in [5.74, 6) is 0.552. The highest BCUT2D eigenvalue weighted by Crippen LogP contribution is 2.25. The molecular formula is C7H13NO. The van der Waals surface area contributed by atoms with Crippen LogP contribution in [-0.4, -0.2) is 17.9 Å². The van der Waals surface area contributed by atoms with Gasteiger partial charge >= 0.3 is 0 Å². The fraction of sp³-hybridized carbons (Fsp3) is 0.857. The normalized spacial score (nSPS) is 31.2. The molecule has 2 nitrogen and oxygen atoms in total. The Morgan fingerprint density at radius 2 is 2.22 bits per heavy atom. The largest absolute Gasteiger partial charge is 0.310 e. The lowest BCUT2D eigenvalue weighted by atomic mass is 9.77. The Bertz CT molecular complexity index is 140. The number of rotatable bonds is 1. The van der Waals surface area contributed by atoms with Crippen molar-refractivity contribution in [2.75, 3.05) is 6.54 Å². The summed E-state index contributed by atoms with van der Waals surface area (Å²) in [5.41, 5.74) is 0.0613. The van der Waals surface area contributed by atoms with E-state index in [1.165, 1.54) is 0 Å². The van der Waals surface area contributed by atoms with Crippen molar-refractivity contribution < 1.29 is 4.79 Å². The highest BCUT2D eigenvalue weighted by Gasteiger charge is 2.40. The standard InChI is InChI=1S/C7H13NO/c1-5(9)6-4-8-7(6,2)3/h6,8H,4H2,1-3H3. The van der Waals surface area contributed by atoms with Crippen molar-refractivity contribution in [2.24, 2.45) is 5.92 Å². The van der Waals surface area contributed by atoms with Crippen LogP contribution in [-0.2, 0) is 4.79 Å². The van der Waals surface area contributed by atoms with Gasteiger partial charge < -0.3 is 5.32 Å². The molecule has 0 spiro atoms. The van der Waals surface area contributed by atoms with E-state index in [-0.39, 0.29) is 11.5 Å². The van der Waals surface area contributed by atoms with Crippen molar-refractivity contribution >= 4 is 5.78 Å². The first-order valence-electron chi connectivity index (χ1n) is 3.29. The summed E-state index contributed by atoms with van der Waals surface area (Å²) in [5, 5.41) is 3.20. The average molecular weight is 127 g/mol. The molecule has 0 radical (unpaired) electrons. The zero-order chi connectivity index (χ0) is 7.07. The number of nitrogens with one attached hydrogen (secondary N) is 1. The quantitative estimate of drug-likeness (QED) is 0.558. The molecular weight excluding hydrogens is 114 g/mol. The maximum absolute atomic E-state index is 10.8. The topological polar surface area (TPSA) is 29.1 Å². The average Bonchev–Trinajstić information content (AvgIpc) is 1.62. The predicted molar refractivity (Wildman–Crippen MR) is 36.3 cm³/mol. The molecule has 0 saturated carbocycles. The van der Waals surface area contributed by atoms with Crippen molar-refractivity contribution in [3.63, 3.8) is 0 Å². The summed E-state index contributed by atoms with van der Waals surface area (Å²) in [4.78, 5) is 10.8. The molecule has 0 aromatic rings. The first-order chi connectivity index (χ1) is 4.04. The van der Waals surface area contributed by atoms with Crippen LogP contribution in [0.25, 0.3) is 0 Å². The third kappa shape index (κ3) is 0.990. The maximum Gasteiger partial charge on any atom is 0.136 e. The Labute approximate surface area is 55.6 Å². The molecule has 9 heavy (non-hydrogen) atoms. The number of hydrogen-bond acceptors (Lipinski definition) is 2. The van der Waals surface area contributed by atoms with E-state index >= 15 is 0 Å². The van der Waals surface area contributed by atoms with Crippen LogP contribution in [0.1, 0.15) is 20.8 Å². The number of Topliss-reactive ketones (excluding diaryl/α,β-unsaturated/α-hetero) is 1. The minimum atomic E-state index is 0.0613. The molecule has 0 aromatic heterocycles. The van der Waals surface area contributed by atoms with Crippen LogP contribution in [0.5, 0.6) is 0 Å². The Balaban J connectivity index is 2.55. The third-order valence-electron chi connectivity index (χ3n) is 2.12. The summed E-state index contributed by atoms with van der Waals surface area (Å²) < 4.78 is 0. The predicted octanol–water partition coefficient (Wildman–Crippen LogP) is 0.573. The Morgan fingerprint density at radius 3 is 2.22 bits per heavy atom. The molecule has 1 atom stereocenters. The monoisotopic (exact) mass is 127 g/mol. The molecule has 1 N–H and O–H groups in total. The van der Waals surface area contributed by atoms with E-state index in [0.717, 1.165) is 6.54 Å². The highest BCUT2D eigenvalue weighted by molar-refractivity contribution is 5.81. The number of ketones is 1. The van der Waals surface area contributed by atoms with Gasteiger partial charge in [0.05, 0.1) is 0 Å². The zero-order valence-corrected chi connectivity index (χ0v) is 6.19. The van der Waals surface area contributed by atoms with Gasteiger partial charge in [0.1, 0.15) is 5.78 Å². The van der Waals surface area contributed by atoms with Crippen LogP contribution in [0.15, 0.2) is 0 Å². The van der Waals surface area contributed by atoms with E-state index in [1.54, 1.807) is 6.92 Å². The second-order valence-electron chi connectivity index (χ2n) is 3.27. The first kappa shape index (κ1) is 6.75. The lowest BCUT2D eigenvalue weighted by Crippen LogP contribution is -2.63. The van der Waals surface area contributed by atoms with E-state index < -0.39 is 0 Å². The fourth-order valence-corrected chi connectivity index (χ4v) is 1.26. The molecule has 0 aliphatic carbocycles. The van der Waals surface area contributed by atoms with Crippen LogP contribution in [0.2, 0.25) is 0 Å². The van der Waals surface area contributed by atoms with E-state index in [2.05, 4.69) is 19.2 Å². The van der Waals surface area contributed by atoms with Crippen molar-refractivity contribution in [1.82, 2.24) is 5.32 Å². The summed E-state index contributed by atoms with van der Waals surface area (Å²) in [6.45, 7) is 6.64. The lowest BCUT2D eigenvalue weighted by molar-refractivity contribution is -0.126. The van der Waals surface area contributed by atoms with Gasteiger partial charge in [-0.2, -0.15) is 0 Å². The van der Waals surface area contributed by atoms with Crippen LogP contribution in [0.4, 0.5) is 0 Å². The molecule has 1 aliphatic heterocycles. The fourth-order valence-electron chi connectivity index (χ4n) is 1.26. The summed E-state index contributed by atoms with van der Waals surface area (Å²) in [6, 6.07) is 0. The highest BCUT2D eigenvalue weighted by atomic mass is 16.1. The van der Waals surface area contributed by atoms with Crippen LogP contribution < -0.4 is 5.32 Å². The summed E-state index contributed by atoms with van der Waals surface area (Å²) in [7, 11) is 0. The van der Waals surface area contributed by atoms with Gasteiger partial charge in [-0.15, -0.1) is 0 Å². The number of carbonyl (C=O) groups is 1. The van der Waals surface area contributed by atoms with Gasteiger partial charge in [-0.25, -0.2) is 0 Å². The van der Waals surface area contributed by atoms with Gasteiger partial charge in [0.2, 0.25) is 0 Å². The van der Waals surface area contributed by atoms with Crippen LogP contribution in [0, 0.1) is 5.92 Å². The second kappa shape index (κ2) is 1.81. The lowest BCUT2D eigenvalue weighted by Gasteiger charge is -2.44. The van der Waals surface area contributed by atoms with Gasteiger partial charge in [-0.05, 0) is 20.8 Å². The summed E-state index contributed by atoms with van der Waals surface area (Å²) in [6.07, 6.45) is 0.